The van der Waals surface area contributed by atoms with E-state index in [1.54, 1.807) is 0 Å². The molecule has 2 nitrogen and oxygen atoms in total. The van der Waals surface area contributed by atoms with Crippen LogP contribution >= 0.6 is 11.6 Å². The Hall–Kier alpha value is -0.570. The molecule has 1 aromatic rings. The molecule has 0 unspecified atom stereocenters. The first-order valence-corrected chi connectivity index (χ1v) is 6.28. The molecule has 16 heavy (non-hydrogen) atoms. The van der Waals surface area contributed by atoms with Crippen LogP contribution in [0.3, 0.4) is 0 Å². The van der Waals surface area contributed by atoms with Crippen LogP contribution in [-0.2, 0) is 6.54 Å². The molecule has 3 heteroatoms. The number of hydrogen-bond acceptors (Lipinski definition) is 2. The van der Waals surface area contributed by atoms with Gasteiger partial charge in [-0.15, -0.1) is 0 Å². The molecule has 0 saturated carbocycles. The summed E-state index contributed by atoms with van der Waals surface area (Å²) in [6.07, 6.45) is 2.62. The maximum Gasteiger partial charge on any atom is 0.0409 e. The Kier molecular flexibility index (Phi) is 4.22. The van der Waals surface area contributed by atoms with Crippen LogP contribution in [0.15, 0.2) is 24.3 Å². The maximum absolute atomic E-state index is 5.97. The fourth-order valence-electron chi connectivity index (χ4n) is 2.30. The van der Waals surface area contributed by atoms with E-state index in [0.29, 0.717) is 6.04 Å². The zero-order valence-electron chi connectivity index (χ0n) is 9.75. The Bertz CT molecular complexity index is 334. The topological polar surface area (TPSA) is 15.3 Å². The lowest BCUT2D eigenvalue weighted by molar-refractivity contribution is 0.293. The van der Waals surface area contributed by atoms with Crippen molar-refractivity contribution in [1.82, 2.24) is 10.2 Å². The second-order valence-corrected chi connectivity index (χ2v) is 5.06. The van der Waals surface area contributed by atoms with Crippen molar-refractivity contribution in [3.05, 3.63) is 34.9 Å². The van der Waals surface area contributed by atoms with Gasteiger partial charge in [0.05, 0.1) is 0 Å². The highest BCUT2D eigenvalue weighted by atomic mass is 35.5. The predicted molar refractivity (Wildman–Crippen MR) is 68.8 cm³/mol. The summed E-state index contributed by atoms with van der Waals surface area (Å²) < 4.78 is 0. The molecule has 1 aromatic carbocycles. The van der Waals surface area contributed by atoms with Crippen molar-refractivity contribution in [3.8, 4) is 0 Å². The van der Waals surface area contributed by atoms with E-state index in [9.17, 15) is 0 Å². The van der Waals surface area contributed by atoms with Crippen molar-refractivity contribution in [2.75, 3.05) is 20.1 Å². The van der Waals surface area contributed by atoms with Crippen molar-refractivity contribution >= 4 is 11.6 Å². The van der Waals surface area contributed by atoms with Gasteiger partial charge < -0.3 is 10.2 Å². The summed E-state index contributed by atoms with van der Waals surface area (Å²) in [5, 5.41) is 4.34. The van der Waals surface area contributed by atoms with E-state index in [1.807, 2.05) is 18.2 Å². The lowest BCUT2D eigenvalue weighted by atomic mass is 10.2. The van der Waals surface area contributed by atoms with Gasteiger partial charge in [0.2, 0.25) is 0 Å². The molecule has 0 amide bonds. The number of rotatable bonds is 4. The number of hydrogen-bond donors (Lipinski definition) is 1. The minimum absolute atomic E-state index is 0.671. The molecule has 88 valence electrons. The van der Waals surface area contributed by atoms with Crippen LogP contribution in [0.1, 0.15) is 18.4 Å². The molecule has 1 atom stereocenters. The van der Waals surface area contributed by atoms with Crippen LogP contribution < -0.4 is 5.32 Å². The molecular weight excluding hydrogens is 220 g/mol. The highest BCUT2D eigenvalue weighted by Crippen LogP contribution is 2.13. The first-order valence-electron chi connectivity index (χ1n) is 5.90. The van der Waals surface area contributed by atoms with Crippen molar-refractivity contribution < 1.29 is 0 Å². The molecule has 1 N–H and O–H groups in total. The van der Waals surface area contributed by atoms with Gasteiger partial charge in [-0.1, -0.05) is 23.7 Å². The zero-order valence-corrected chi connectivity index (χ0v) is 10.5. The minimum atomic E-state index is 0.671. The van der Waals surface area contributed by atoms with Gasteiger partial charge in [0.15, 0.2) is 0 Å². The number of nitrogens with zero attached hydrogens (tertiary/aromatic N) is 1. The minimum Gasteiger partial charge on any atom is -0.313 e. The molecular formula is C13H19ClN2. The van der Waals surface area contributed by atoms with Gasteiger partial charge in [-0.3, -0.25) is 0 Å². The quantitative estimate of drug-likeness (QED) is 0.867. The zero-order chi connectivity index (χ0) is 11.4. The number of halogens is 1. The molecule has 0 aromatic heterocycles. The molecule has 1 aliphatic rings. The van der Waals surface area contributed by atoms with Gasteiger partial charge in [0.25, 0.3) is 0 Å². The summed E-state index contributed by atoms with van der Waals surface area (Å²) in [4.78, 5) is 2.36. The van der Waals surface area contributed by atoms with Crippen molar-refractivity contribution in [3.63, 3.8) is 0 Å². The second kappa shape index (κ2) is 5.67. The number of nitrogens with one attached hydrogen (secondary N) is 1. The van der Waals surface area contributed by atoms with Crippen LogP contribution in [0.5, 0.6) is 0 Å². The highest BCUT2D eigenvalue weighted by molar-refractivity contribution is 6.30. The summed E-state index contributed by atoms with van der Waals surface area (Å²) in [5.41, 5.74) is 1.29. The monoisotopic (exact) mass is 238 g/mol. The van der Waals surface area contributed by atoms with E-state index >= 15 is 0 Å². The first-order chi connectivity index (χ1) is 7.74. The molecule has 0 aliphatic carbocycles. The van der Waals surface area contributed by atoms with Gasteiger partial charge in [0, 0.05) is 24.2 Å². The highest BCUT2D eigenvalue weighted by Gasteiger charge is 2.15. The van der Waals surface area contributed by atoms with E-state index in [2.05, 4.69) is 23.3 Å². The van der Waals surface area contributed by atoms with E-state index in [1.165, 1.54) is 24.9 Å². The lowest BCUT2D eigenvalue weighted by Gasteiger charge is -2.21. The summed E-state index contributed by atoms with van der Waals surface area (Å²) in [6.45, 7) is 3.26. The number of likely N-dealkylation sites (N-methyl/N-ethyl adjacent to an activating group) is 1. The van der Waals surface area contributed by atoms with E-state index in [-0.39, 0.29) is 0 Å². The molecule has 0 radical (unpaired) electrons. The summed E-state index contributed by atoms with van der Waals surface area (Å²) >= 11 is 5.97. The largest absolute Gasteiger partial charge is 0.313 e. The van der Waals surface area contributed by atoms with Crippen LogP contribution in [0.4, 0.5) is 0 Å². The third-order valence-electron chi connectivity index (χ3n) is 3.04. The Balaban J connectivity index is 1.84. The van der Waals surface area contributed by atoms with Crippen LogP contribution in [-0.4, -0.2) is 31.1 Å². The summed E-state index contributed by atoms with van der Waals surface area (Å²) in [5.74, 6) is 0. The van der Waals surface area contributed by atoms with Gasteiger partial charge in [0.1, 0.15) is 0 Å². The Morgan fingerprint density at radius 1 is 1.50 bits per heavy atom. The van der Waals surface area contributed by atoms with Gasteiger partial charge in [-0.25, -0.2) is 0 Å². The van der Waals surface area contributed by atoms with E-state index < -0.39 is 0 Å². The second-order valence-electron chi connectivity index (χ2n) is 4.62. The molecule has 1 aliphatic heterocycles. The van der Waals surface area contributed by atoms with Crippen molar-refractivity contribution in [2.45, 2.75) is 25.4 Å². The summed E-state index contributed by atoms with van der Waals surface area (Å²) in [6, 6.07) is 8.78. The fraction of sp³-hybridized carbons (Fsp3) is 0.538. The third-order valence-corrected chi connectivity index (χ3v) is 3.27. The predicted octanol–water partition coefficient (Wildman–Crippen LogP) is 2.52. The molecule has 1 heterocycles. The van der Waals surface area contributed by atoms with Crippen molar-refractivity contribution in [2.24, 2.45) is 0 Å². The Labute approximate surface area is 103 Å². The summed E-state index contributed by atoms with van der Waals surface area (Å²) in [7, 11) is 2.17. The van der Waals surface area contributed by atoms with Crippen LogP contribution in [0.25, 0.3) is 0 Å². The molecule has 1 saturated heterocycles. The fourth-order valence-corrected chi connectivity index (χ4v) is 2.51. The molecule has 2 rings (SSSR count). The Morgan fingerprint density at radius 2 is 2.38 bits per heavy atom. The standard InChI is InChI=1S/C13H19ClN2/c1-16(10-13-6-3-7-15-13)9-11-4-2-5-12(14)8-11/h2,4-5,8,13,15H,3,6-7,9-10H2,1H3/t13-/m0/s1. The smallest absolute Gasteiger partial charge is 0.0409 e. The normalized spacial score (nSPS) is 20.6. The first kappa shape index (κ1) is 11.9. The van der Waals surface area contributed by atoms with Gasteiger partial charge >= 0.3 is 0 Å². The SMILES string of the molecule is CN(Cc1cccc(Cl)c1)C[C@@H]1CCCN1. The molecule has 1 fully saturated rings. The van der Waals surface area contributed by atoms with Crippen LogP contribution in [0, 0.1) is 0 Å². The number of benzene rings is 1. The van der Waals surface area contributed by atoms with Crippen LogP contribution in [0.2, 0.25) is 5.02 Å². The lowest BCUT2D eigenvalue weighted by Crippen LogP contribution is -2.34. The average molecular weight is 239 g/mol. The molecule has 0 bridgehead atoms. The third kappa shape index (κ3) is 3.48. The van der Waals surface area contributed by atoms with E-state index in [4.69, 9.17) is 11.6 Å². The average Bonchev–Trinajstić information content (AvgIpc) is 2.70. The van der Waals surface area contributed by atoms with Crippen molar-refractivity contribution in [1.29, 1.82) is 0 Å². The van der Waals surface area contributed by atoms with E-state index in [0.717, 1.165) is 18.1 Å². The maximum atomic E-state index is 5.97. The molecule has 0 spiro atoms. The van der Waals surface area contributed by atoms with Gasteiger partial charge in [-0.2, -0.15) is 0 Å². The van der Waals surface area contributed by atoms with Gasteiger partial charge in [-0.05, 0) is 44.1 Å². The Morgan fingerprint density at radius 3 is 3.06 bits per heavy atom.